The molecule has 0 atom stereocenters. The molecule has 22 heavy (non-hydrogen) atoms. The van der Waals surface area contributed by atoms with Crippen LogP contribution in [-0.4, -0.2) is 18.4 Å². The molecule has 4 nitrogen and oxygen atoms in total. The van der Waals surface area contributed by atoms with Crippen molar-refractivity contribution in [1.29, 1.82) is 0 Å². The van der Waals surface area contributed by atoms with E-state index < -0.39 is 0 Å². The molecule has 0 saturated heterocycles. The van der Waals surface area contributed by atoms with E-state index in [0.717, 1.165) is 23.2 Å². The van der Waals surface area contributed by atoms with Gasteiger partial charge >= 0.3 is 0 Å². The number of benzene rings is 2. The Morgan fingerprint density at radius 1 is 1.00 bits per heavy atom. The Bertz CT molecular complexity index is 666. The number of carbonyl (C=O) groups excluding carboxylic acids is 2. The van der Waals surface area contributed by atoms with Gasteiger partial charge in [-0.3, -0.25) is 9.59 Å². The highest BCUT2D eigenvalue weighted by Crippen LogP contribution is 2.20. The Kier molecular flexibility index (Phi) is 5.31. The average molecular weight is 296 g/mol. The van der Waals surface area contributed by atoms with Crippen molar-refractivity contribution in [3.05, 3.63) is 65.2 Å². The Labute approximate surface area is 130 Å². The second-order valence-corrected chi connectivity index (χ2v) is 5.06. The summed E-state index contributed by atoms with van der Waals surface area (Å²) in [6.45, 7) is 3.95. The minimum Gasteiger partial charge on any atom is -0.343 e. The number of carbonyl (C=O) groups is 2. The zero-order valence-corrected chi connectivity index (χ0v) is 12.8. The lowest BCUT2D eigenvalue weighted by Gasteiger charge is -2.13. The Balaban J connectivity index is 1.95. The van der Waals surface area contributed by atoms with Gasteiger partial charge in [0.15, 0.2) is 0 Å². The Hall–Kier alpha value is -2.62. The molecule has 0 fully saturated rings. The Morgan fingerprint density at radius 2 is 1.73 bits per heavy atom. The zero-order chi connectivity index (χ0) is 15.9. The molecule has 0 spiro atoms. The molecule has 0 unspecified atom stereocenters. The van der Waals surface area contributed by atoms with Crippen molar-refractivity contribution in [2.45, 2.75) is 20.3 Å². The summed E-state index contributed by atoms with van der Waals surface area (Å²) in [5.41, 5.74) is 3.48. The van der Waals surface area contributed by atoms with Crippen molar-refractivity contribution < 1.29 is 9.59 Å². The minimum atomic E-state index is -0.253. The lowest BCUT2D eigenvalue weighted by atomic mass is 10.1. The van der Waals surface area contributed by atoms with Crippen LogP contribution >= 0.6 is 0 Å². The van der Waals surface area contributed by atoms with Gasteiger partial charge in [-0.25, -0.2) is 0 Å². The van der Waals surface area contributed by atoms with Crippen molar-refractivity contribution in [3.63, 3.8) is 0 Å². The van der Waals surface area contributed by atoms with Crippen molar-refractivity contribution in [3.8, 4) is 0 Å². The maximum atomic E-state index is 12.0. The molecule has 2 amide bonds. The number of hydrogen-bond acceptors (Lipinski definition) is 2. The molecule has 2 rings (SSSR count). The number of anilines is 1. The summed E-state index contributed by atoms with van der Waals surface area (Å²) in [6, 6.07) is 14.8. The van der Waals surface area contributed by atoms with Crippen molar-refractivity contribution >= 4 is 17.5 Å². The first-order chi connectivity index (χ1) is 10.6. The summed E-state index contributed by atoms with van der Waals surface area (Å²) in [5, 5.41) is 5.51. The van der Waals surface area contributed by atoms with E-state index >= 15 is 0 Å². The number of rotatable bonds is 5. The van der Waals surface area contributed by atoms with Crippen LogP contribution in [0.3, 0.4) is 0 Å². The van der Waals surface area contributed by atoms with Gasteiger partial charge in [-0.2, -0.15) is 0 Å². The van der Waals surface area contributed by atoms with Crippen molar-refractivity contribution in [2.24, 2.45) is 0 Å². The normalized spacial score (nSPS) is 10.1. The maximum absolute atomic E-state index is 12.0. The van der Waals surface area contributed by atoms with E-state index in [1.807, 2.05) is 38.1 Å². The predicted octanol–water partition coefficient (Wildman–Crippen LogP) is 2.93. The van der Waals surface area contributed by atoms with Crippen molar-refractivity contribution in [1.82, 2.24) is 5.32 Å². The van der Waals surface area contributed by atoms with Gasteiger partial charge in [0.05, 0.1) is 6.54 Å². The average Bonchev–Trinajstić information content (AvgIpc) is 2.55. The largest absolute Gasteiger partial charge is 0.343 e. The van der Waals surface area contributed by atoms with Crippen LogP contribution in [0.5, 0.6) is 0 Å². The molecule has 2 N–H and O–H groups in total. The fourth-order valence-corrected chi connectivity index (χ4v) is 2.24. The zero-order valence-electron chi connectivity index (χ0n) is 12.8. The molecular formula is C18H20N2O2. The first-order valence-electron chi connectivity index (χ1n) is 7.33. The van der Waals surface area contributed by atoms with E-state index in [1.165, 1.54) is 0 Å². The second kappa shape index (κ2) is 7.41. The monoisotopic (exact) mass is 296 g/mol. The topological polar surface area (TPSA) is 58.2 Å². The summed E-state index contributed by atoms with van der Waals surface area (Å²) in [6.07, 6.45) is 0.841. The molecule has 2 aromatic carbocycles. The van der Waals surface area contributed by atoms with Crippen LogP contribution in [0.25, 0.3) is 0 Å². The fraction of sp³-hybridized carbons (Fsp3) is 0.222. The molecule has 2 aromatic rings. The third kappa shape index (κ3) is 3.95. The molecule has 0 aromatic heterocycles. The molecule has 0 aliphatic rings. The third-order valence-electron chi connectivity index (χ3n) is 3.45. The lowest BCUT2D eigenvalue weighted by Crippen LogP contribution is -2.33. The molecule has 0 radical (unpaired) electrons. The summed E-state index contributed by atoms with van der Waals surface area (Å²) in [7, 11) is 0. The molecule has 0 bridgehead atoms. The summed E-state index contributed by atoms with van der Waals surface area (Å²) in [4.78, 5) is 23.9. The van der Waals surface area contributed by atoms with E-state index in [4.69, 9.17) is 0 Å². The van der Waals surface area contributed by atoms with E-state index in [0.29, 0.717) is 5.56 Å². The van der Waals surface area contributed by atoms with Gasteiger partial charge in [0.1, 0.15) is 0 Å². The molecule has 0 aliphatic heterocycles. The first kappa shape index (κ1) is 15.8. The van der Waals surface area contributed by atoms with Gasteiger partial charge < -0.3 is 10.6 Å². The summed E-state index contributed by atoms with van der Waals surface area (Å²) in [5.74, 6) is -0.482. The van der Waals surface area contributed by atoms with Gasteiger partial charge in [0.25, 0.3) is 5.91 Å². The second-order valence-electron chi connectivity index (χ2n) is 5.06. The highest BCUT2D eigenvalue weighted by Gasteiger charge is 2.10. The van der Waals surface area contributed by atoms with E-state index in [1.54, 1.807) is 24.3 Å². The fourth-order valence-electron chi connectivity index (χ4n) is 2.24. The van der Waals surface area contributed by atoms with Crippen LogP contribution in [0.15, 0.2) is 48.5 Å². The van der Waals surface area contributed by atoms with E-state index in [-0.39, 0.29) is 18.4 Å². The lowest BCUT2D eigenvalue weighted by molar-refractivity contribution is -0.115. The standard InChI is InChI=1S/C18H20N2O2/c1-3-14-11-7-8-13(2)17(14)20-16(21)12-19-18(22)15-9-5-4-6-10-15/h4-11H,3,12H2,1-2H3,(H,19,22)(H,20,21). The first-order valence-corrected chi connectivity index (χ1v) is 7.33. The number of amides is 2. The number of hydrogen-bond donors (Lipinski definition) is 2. The number of nitrogens with one attached hydrogen (secondary N) is 2. The van der Waals surface area contributed by atoms with E-state index in [2.05, 4.69) is 10.6 Å². The van der Waals surface area contributed by atoms with Gasteiger partial charge in [-0.05, 0) is 36.6 Å². The summed E-state index contributed by atoms with van der Waals surface area (Å²) >= 11 is 0. The molecule has 4 heteroatoms. The SMILES string of the molecule is CCc1cccc(C)c1NC(=O)CNC(=O)c1ccccc1. The highest BCUT2D eigenvalue weighted by atomic mass is 16.2. The third-order valence-corrected chi connectivity index (χ3v) is 3.45. The molecule has 0 heterocycles. The van der Waals surface area contributed by atoms with Crippen LogP contribution < -0.4 is 10.6 Å². The number of para-hydroxylation sites is 1. The molecule has 114 valence electrons. The van der Waals surface area contributed by atoms with E-state index in [9.17, 15) is 9.59 Å². The van der Waals surface area contributed by atoms with Crippen LogP contribution in [0.1, 0.15) is 28.4 Å². The summed E-state index contributed by atoms with van der Waals surface area (Å²) < 4.78 is 0. The van der Waals surface area contributed by atoms with Crippen LogP contribution in [0, 0.1) is 6.92 Å². The molecule has 0 saturated carbocycles. The van der Waals surface area contributed by atoms with Crippen LogP contribution in [0.4, 0.5) is 5.69 Å². The predicted molar refractivity (Wildman–Crippen MR) is 88.0 cm³/mol. The van der Waals surface area contributed by atoms with Gasteiger partial charge in [0.2, 0.25) is 5.91 Å². The minimum absolute atomic E-state index is 0.0504. The van der Waals surface area contributed by atoms with Crippen molar-refractivity contribution in [2.75, 3.05) is 11.9 Å². The van der Waals surface area contributed by atoms with Gasteiger partial charge in [0, 0.05) is 11.3 Å². The van der Waals surface area contributed by atoms with Gasteiger partial charge in [-0.1, -0.05) is 43.3 Å². The van der Waals surface area contributed by atoms with Crippen LogP contribution in [0.2, 0.25) is 0 Å². The van der Waals surface area contributed by atoms with Gasteiger partial charge in [-0.15, -0.1) is 0 Å². The maximum Gasteiger partial charge on any atom is 0.251 e. The smallest absolute Gasteiger partial charge is 0.251 e. The Morgan fingerprint density at radius 3 is 2.41 bits per heavy atom. The van der Waals surface area contributed by atoms with Crippen LogP contribution in [-0.2, 0) is 11.2 Å². The number of aryl methyl sites for hydroxylation is 2. The molecule has 0 aliphatic carbocycles. The highest BCUT2D eigenvalue weighted by molar-refractivity contribution is 5.99. The quantitative estimate of drug-likeness (QED) is 0.891. The molecular weight excluding hydrogens is 276 g/mol.